The van der Waals surface area contributed by atoms with Crippen molar-refractivity contribution in [3.05, 3.63) is 51.9 Å². The van der Waals surface area contributed by atoms with E-state index in [9.17, 15) is 19.2 Å². The maximum atomic E-state index is 12.4. The van der Waals surface area contributed by atoms with Crippen molar-refractivity contribution in [3.8, 4) is 0 Å². The number of rotatable bonds is 7. The molecule has 8 nitrogen and oxygen atoms in total. The Balaban J connectivity index is 2.15. The second-order valence-corrected chi connectivity index (χ2v) is 5.68. The highest BCUT2D eigenvalue weighted by atomic mass is 16.4. The van der Waals surface area contributed by atoms with E-state index in [0.717, 1.165) is 11.6 Å². The van der Waals surface area contributed by atoms with Crippen LogP contribution in [0.5, 0.6) is 0 Å². The monoisotopic (exact) mass is 359 g/mol. The SMILES string of the molecule is Cc1ccc2occ(/C=C/C(=O)N[C@@H](CCC(=O)O)C(=O)O)c(=O)c2c1. The van der Waals surface area contributed by atoms with Crippen LogP contribution in [0.1, 0.15) is 24.0 Å². The molecule has 0 unspecified atom stereocenters. The van der Waals surface area contributed by atoms with Crippen LogP contribution in [0.4, 0.5) is 0 Å². The third-order valence-corrected chi connectivity index (χ3v) is 3.63. The molecule has 0 fully saturated rings. The van der Waals surface area contributed by atoms with Gasteiger partial charge in [-0.3, -0.25) is 14.4 Å². The van der Waals surface area contributed by atoms with Gasteiger partial charge in [0, 0.05) is 12.5 Å². The van der Waals surface area contributed by atoms with Gasteiger partial charge in [0.25, 0.3) is 0 Å². The minimum absolute atomic E-state index is 0.135. The molecule has 1 heterocycles. The molecule has 2 rings (SSSR count). The van der Waals surface area contributed by atoms with E-state index in [-0.39, 0.29) is 17.4 Å². The lowest BCUT2D eigenvalue weighted by molar-refractivity contribution is -0.142. The first kappa shape index (κ1) is 18.9. The predicted octanol–water partition coefficient (Wildman–Crippen LogP) is 1.55. The number of aliphatic carboxylic acids is 2. The van der Waals surface area contributed by atoms with Crippen LogP contribution in [0.25, 0.3) is 17.0 Å². The molecule has 0 saturated carbocycles. The van der Waals surface area contributed by atoms with Crippen LogP contribution < -0.4 is 10.7 Å². The zero-order valence-corrected chi connectivity index (χ0v) is 13.9. The fraction of sp³-hybridized carbons (Fsp3) is 0.222. The highest BCUT2D eigenvalue weighted by Gasteiger charge is 2.19. The van der Waals surface area contributed by atoms with Crippen molar-refractivity contribution in [1.29, 1.82) is 0 Å². The van der Waals surface area contributed by atoms with Gasteiger partial charge < -0.3 is 19.9 Å². The van der Waals surface area contributed by atoms with Gasteiger partial charge in [0.05, 0.1) is 10.9 Å². The van der Waals surface area contributed by atoms with Crippen LogP contribution in [-0.4, -0.2) is 34.1 Å². The Bertz CT molecular complexity index is 942. The summed E-state index contributed by atoms with van der Waals surface area (Å²) >= 11 is 0. The molecule has 0 aliphatic carbocycles. The van der Waals surface area contributed by atoms with Gasteiger partial charge in [0.1, 0.15) is 17.9 Å². The average Bonchev–Trinajstić information content (AvgIpc) is 2.58. The van der Waals surface area contributed by atoms with Crippen molar-refractivity contribution in [2.24, 2.45) is 0 Å². The summed E-state index contributed by atoms with van der Waals surface area (Å²) in [6.07, 6.45) is 2.79. The fourth-order valence-corrected chi connectivity index (χ4v) is 2.29. The number of carboxylic acid groups (broad SMARTS) is 2. The summed E-state index contributed by atoms with van der Waals surface area (Å²) in [7, 11) is 0. The summed E-state index contributed by atoms with van der Waals surface area (Å²) in [6, 6.07) is 3.81. The Kier molecular flexibility index (Phi) is 5.90. The van der Waals surface area contributed by atoms with Gasteiger partial charge in [-0.2, -0.15) is 0 Å². The van der Waals surface area contributed by atoms with Gasteiger partial charge in [-0.05, 0) is 31.6 Å². The van der Waals surface area contributed by atoms with Gasteiger partial charge in [-0.25, -0.2) is 4.79 Å². The summed E-state index contributed by atoms with van der Waals surface area (Å²) in [6.45, 7) is 1.83. The lowest BCUT2D eigenvalue weighted by Gasteiger charge is -2.11. The zero-order chi connectivity index (χ0) is 19.3. The molecule has 0 bridgehead atoms. The third-order valence-electron chi connectivity index (χ3n) is 3.63. The molecule has 0 aliphatic heterocycles. The lowest BCUT2D eigenvalue weighted by atomic mass is 10.1. The lowest BCUT2D eigenvalue weighted by Crippen LogP contribution is -2.40. The van der Waals surface area contributed by atoms with Crippen LogP contribution in [0.2, 0.25) is 0 Å². The van der Waals surface area contributed by atoms with E-state index in [2.05, 4.69) is 5.32 Å². The first-order valence-corrected chi connectivity index (χ1v) is 7.73. The largest absolute Gasteiger partial charge is 0.481 e. The molecule has 136 valence electrons. The number of aryl methyl sites for hydroxylation is 1. The smallest absolute Gasteiger partial charge is 0.326 e. The number of benzene rings is 1. The maximum Gasteiger partial charge on any atom is 0.326 e. The Hall–Kier alpha value is -3.42. The second-order valence-electron chi connectivity index (χ2n) is 5.68. The van der Waals surface area contributed by atoms with Crippen LogP contribution in [0.15, 0.2) is 39.7 Å². The Morgan fingerprint density at radius 3 is 2.65 bits per heavy atom. The van der Waals surface area contributed by atoms with Crippen molar-refractivity contribution in [2.75, 3.05) is 0 Å². The Labute approximate surface area is 147 Å². The number of amides is 1. The summed E-state index contributed by atoms with van der Waals surface area (Å²) in [5.74, 6) is -3.26. The van der Waals surface area contributed by atoms with E-state index in [1.165, 1.54) is 12.3 Å². The first-order valence-electron chi connectivity index (χ1n) is 7.73. The minimum Gasteiger partial charge on any atom is -0.481 e. The van der Waals surface area contributed by atoms with Crippen LogP contribution in [0.3, 0.4) is 0 Å². The van der Waals surface area contributed by atoms with Crippen molar-refractivity contribution in [1.82, 2.24) is 5.32 Å². The normalized spacial score (nSPS) is 12.2. The van der Waals surface area contributed by atoms with E-state index in [1.807, 2.05) is 6.92 Å². The zero-order valence-electron chi connectivity index (χ0n) is 13.9. The standard InChI is InChI=1S/C18H17NO7/c1-10-2-5-14-12(8-10)17(23)11(9-26-14)3-6-15(20)19-13(18(24)25)4-7-16(21)22/h2-3,5-6,8-9,13H,4,7H2,1H3,(H,19,20)(H,21,22)(H,24,25)/b6-3+/t13-/m0/s1. The molecule has 0 saturated heterocycles. The molecule has 3 N–H and O–H groups in total. The van der Waals surface area contributed by atoms with Crippen LogP contribution in [0, 0.1) is 6.92 Å². The first-order chi connectivity index (χ1) is 12.3. The van der Waals surface area contributed by atoms with Gasteiger partial charge in [-0.1, -0.05) is 11.6 Å². The highest BCUT2D eigenvalue weighted by molar-refractivity contribution is 5.94. The van der Waals surface area contributed by atoms with Crippen molar-refractivity contribution >= 4 is 34.9 Å². The van der Waals surface area contributed by atoms with Gasteiger partial charge in [0.2, 0.25) is 5.91 Å². The topological polar surface area (TPSA) is 134 Å². The van der Waals surface area contributed by atoms with E-state index in [0.29, 0.717) is 11.0 Å². The van der Waals surface area contributed by atoms with E-state index in [1.54, 1.807) is 18.2 Å². The van der Waals surface area contributed by atoms with Gasteiger partial charge in [-0.15, -0.1) is 0 Å². The maximum absolute atomic E-state index is 12.4. The molecule has 2 aromatic rings. The van der Waals surface area contributed by atoms with Gasteiger partial charge >= 0.3 is 11.9 Å². The quantitative estimate of drug-likeness (QED) is 0.638. The summed E-state index contributed by atoms with van der Waals surface area (Å²) in [5.41, 5.74) is 1.11. The Morgan fingerprint density at radius 2 is 2.00 bits per heavy atom. The number of hydrogen-bond donors (Lipinski definition) is 3. The second kappa shape index (κ2) is 8.11. The van der Waals surface area contributed by atoms with Crippen molar-refractivity contribution < 1.29 is 29.0 Å². The van der Waals surface area contributed by atoms with E-state index >= 15 is 0 Å². The van der Waals surface area contributed by atoms with Crippen LogP contribution >= 0.6 is 0 Å². The predicted molar refractivity (Wildman–Crippen MR) is 92.7 cm³/mol. The third kappa shape index (κ3) is 4.79. The average molecular weight is 359 g/mol. The molecular formula is C18H17NO7. The molecule has 0 spiro atoms. The van der Waals surface area contributed by atoms with Gasteiger partial charge in [0.15, 0.2) is 5.43 Å². The number of fused-ring (bicyclic) bond motifs is 1. The molecular weight excluding hydrogens is 342 g/mol. The minimum atomic E-state index is -1.34. The van der Waals surface area contributed by atoms with E-state index in [4.69, 9.17) is 14.6 Å². The molecule has 1 aromatic heterocycles. The molecule has 26 heavy (non-hydrogen) atoms. The molecule has 1 amide bonds. The molecule has 8 heteroatoms. The number of carboxylic acids is 2. The summed E-state index contributed by atoms with van der Waals surface area (Å²) < 4.78 is 5.35. The Morgan fingerprint density at radius 1 is 1.27 bits per heavy atom. The van der Waals surface area contributed by atoms with Crippen LogP contribution in [-0.2, 0) is 14.4 Å². The number of nitrogens with one attached hydrogen (secondary N) is 1. The fourth-order valence-electron chi connectivity index (χ4n) is 2.29. The number of hydrogen-bond acceptors (Lipinski definition) is 5. The van der Waals surface area contributed by atoms with Crippen molar-refractivity contribution in [2.45, 2.75) is 25.8 Å². The summed E-state index contributed by atoms with van der Waals surface area (Å²) in [4.78, 5) is 45.8. The number of carbonyl (C=O) groups is 3. The molecule has 0 radical (unpaired) electrons. The molecule has 1 aromatic carbocycles. The van der Waals surface area contributed by atoms with E-state index < -0.39 is 30.3 Å². The highest BCUT2D eigenvalue weighted by Crippen LogP contribution is 2.13. The number of carbonyl (C=O) groups excluding carboxylic acids is 1. The molecule has 1 atom stereocenters. The summed E-state index contributed by atoms with van der Waals surface area (Å²) in [5, 5.41) is 20.2. The van der Waals surface area contributed by atoms with Crippen molar-refractivity contribution in [3.63, 3.8) is 0 Å². The molecule has 0 aliphatic rings.